The van der Waals surface area contributed by atoms with Gasteiger partial charge in [0.15, 0.2) is 0 Å². The molecule has 6 nitrogen and oxygen atoms in total. The van der Waals surface area contributed by atoms with Gasteiger partial charge in [-0.05, 0) is 45.1 Å². The van der Waals surface area contributed by atoms with E-state index in [0.717, 1.165) is 26.1 Å². The highest BCUT2D eigenvalue weighted by Crippen LogP contribution is 2.18. The number of hydrogen-bond acceptors (Lipinski definition) is 4. The summed E-state index contributed by atoms with van der Waals surface area (Å²) in [4.78, 5) is 24.6. The van der Waals surface area contributed by atoms with E-state index in [1.165, 1.54) is 12.1 Å². The third-order valence-corrected chi connectivity index (χ3v) is 3.49. The van der Waals surface area contributed by atoms with Gasteiger partial charge in [-0.25, -0.2) is 0 Å². The molecule has 0 saturated heterocycles. The second-order valence-electron chi connectivity index (χ2n) is 4.89. The zero-order chi connectivity index (χ0) is 15.8. The maximum absolute atomic E-state index is 12.0. The molecule has 0 unspecified atom stereocenters. The summed E-state index contributed by atoms with van der Waals surface area (Å²) in [6, 6.07) is 4.42. The first-order chi connectivity index (χ1) is 9.99. The van der Waals surface area contributed by atoms with Crippen LogP contribution < -0.4 is 5.32 Å². The molecule has 1 rings (SSSR count). The highest BCUT2D eigenvalue weighted by atomic mass is 16.6. The molecule has 6 heteroatoms. The second kappa shape index (κ2) is 8.36. The summed E-state index contributed by atoms with van der Waals surface area (Å²) >= 11 is 0. The van der Waals surface area contributed by atoms with Gasteiger partial charge >= 0.3 is 0 Å². The van der Waals surface area contributed by atoms with Crippen molar-refractivity contribution in [1.29, 1.82) is 0 Å². The summed E-state index contributed by atoms with van der Waals surface area (Å²) in [7, 11) is 0. The van der Waals surface area contributed by atoms with Crippen molar-refractivity contribution in [2.75, 3.05) is 26.2 Å². The lowest BCUT2D eigenvalue weighted by atomic mass is 10.1. The van der Waals surface area contributed by atoms with E-state index in [1.807, 2.05) is 0 Å². The van der Waals surface area contributed by atoms with Crippen molar-refractivity contribution in [1.82, 2.24) is 10.2 Å². The zero-order valence-electron chi connectivity index (χ0n) is 12.9. The molecular formula is C15H23N3O3. The summed E-state index contributed by atoms with van der Waals surface area (Å²) < 4.78 is 0. The van der Waals surface area contributed by atoms with Gasteiger partial charge in [0.05, 0.1) is 4.92 Å². The molecule has 21 heavy (non-hydrogen) atoms. The molecule has 0 fully saturated rings. The molecule has 0 aliphatic carbocycles. The van der Waals surface area contributed by atoms with E-state index in [2.05, 4.69) is 24.1 Å². The molecule has 1 aromatic rings. The molecule has 0 atom stereocenters. The lowest BCUT2D eigenvalue weighted by molar-refractivity contribution is -0.385. The van der Waals surface area contributed by atoms with E-state index in [4.69, 9.17) is 0 Å². The van der Waals surface area contributed by atoms with E-state index >= 15 is 0 Å². The fourth-order valence-corrected chi connectivity index (χ4v) is 2.15. The molecule has 0 spiro atoms. The van der Waals surface area contributed by atoms with Crippen molar-refractivity contribution < 1.29 is 9.72 Å². The molecule has 0 bridgehead atoms. The number of rotatable bonds is 8. The number of nitrogens with zero attached hydrogens (tertiary/aromatic N) is 2. The van der Waals surface area contributed by atoms with Crippen molar-refractivity contribution in [3.05, 3.63) is 39.4 Å². The van der Waals surface area contributed by atoms with Crippen LogP contribution >= 0.6 is 0 Å². The summed E-state index contributed by atoms with van der Waals surface area (Å²) in [6.45, 7) is 9.43. The Labute approximate surface area is 125 Å². The highest BCUT2D eigenvalue weighted by Gasteiger charge is 2.13. The van der Waals surface area contributed by atoms with Crippen LogP contribution in [0, 0.1) is 17.0 Å². The maximum atomic E-state index is 12.0. The van der Waals surface area contributed by atoms with E-state index in [9.17, 15) is 14.9 Å². The maximum Gasteiger partial charge on any atom is 0.272 e. The van der Waals surface area contributed by atoms with Gasteiger partial charge < -0.3 is 10.2 Å². The lowest BCUT2D eigenvalue weighted by Crippen LogP contribution is -2.29. The van der Waals surface area contributed by atoms with E-state index < -0.39 is 4.92 Å². The first kappa shape index (κ1) is 17.1. The Kier molecular flexibility index (Phi) is 6.81. The lowest BCUT2D eigenvalue weighted by Gasteiger charge is -2.17. The largest absolute Gasteiger partial charge is 0.352 e. The van der Waals surface area contributed by atoms with Crippen molar-refractivity contribution in [3.8, 4) is 0 Å². The van der Waals surface area contributed by atoms with Gasteiger partial charge in [0.1, 0.15) is 0 Å². The van der Waals surface area contributed by atoms with Gasteiger partial charge in [-0.1, -0.05) is 13.8 Å². The second-order valence-corrected chi connectivity index (χ2v) is 4.89. The number of hydrogen-bond donors (Lipinski definition) is 1. The van der Waals surface area contributed by atoms with E-state index in [1.54, 1.807) is 13.0 Å². The van der Waals surface area contributed by atoms with Crippen molar-refractivity contribution in [2.45, 2.75) is 27.2 Å². The average molecular weight is 293 g/mol. The van der Waals surface area contributed by atoms with Crippen LogP contribution in [0.3, 0.4) is 0 Å². The normalized spacial score (nSPS) is 10.7. The van der Waals surface area contributed by atoms with Crippen molar-refractivity contribution in [3.63, 3.8) is 0 Å². The van der Waals surface area contributed by atoms with Crippen LogP contribution in [0.15, 0.2) is 18.2 Å². The smallest absolute Gasteiger partial charge is 0.272 e. The Balaban J connectivity index is 2.49. The quantitative estimate of drug-likeness (QED) is 0.453. The number of nitro groups is 1. The standard InChI is InChI=1S/C15H23N3O3/c1-4-17(5-2)10-6-9-16-15(19)13-7-8-14(18(20)21)12(3)11-13/h7-8,11H,4-6,9-10H2,1-3H3,(H,16,19). The van der Waals surface area contributed by atoms with Gasteiger partial charge in [0.2, 0.25) is 0 Å². The number of benzene rings is 1. The number of carbonyl (C=O) groups excluding carboxylic acids is 1. The molecule has 0 aliphatic rings. The molecule has 1 amide bonds. The summed E-state index contributed by atoms with van der Waals surface area (Å²) in [6.07, 6.45) is 0.888. The number of amides is 1. The Morgan fingerprint density at radius 1 is 1.33 bits per heavy atom. The van der Waals surface area contributed by atoms with Gasteiger partial charge in [-0.15, -0.1) is 0 Å². The minimum atomic E-state index is -0.443. The molecule has 0 aromatic heterocycles. The van der Waals surface area contributed by atoms with Crippen molar-refractivity contribution in [2.24, 2.45) is 0 Å². The van der Waals surface area contributed by atoms with Gasteiger partial charge in [-0.2, -0.15) is 0 Å². The third-order valence-electron chi connectivity index (χ3n) is 3.49. The SMILES string of the molecule is CCN(CC)CCCNC(=O)c1ccc([N+](=O)[O-])c(C)c1. The van der Waals surface area contributed by atoms with Crippen LogP contribution in [-0.4, -0.2) is 41.9 Å². The van der Waals surface area contributed by atoms with E-state index in [-0.39, 0.29) is 11.6 Å². The summed E-state index contributed by atoms with van der Waals surface area (Å²) in [5, 5.41) is 13.6. The molecule has 1 N–H and O–H groups in total. The minimum Gasteiger partial charge on any atom is -0.352 e. The fourth-order valence-electron chi connectivity index (χ4n) is 2.15. The molecule has 0 heterocycles. The van der Waals surface area contributed by atoms with Gasteiger partial charge in [-0.3, -0.25) is 14.9 Å². The zero-order valence-corrected chi connectivity index (χ0v) is 12.9. The van der Waals surface area contributed by atoms with Crippen LogP contribution in [0.4, 0.5) is 5.69 Å². The minimum absolute atomic E-state index is 0.0353. The molecule has 0 radical (unpaired) electrons. The predicted octanol–water partition coefficient (Wildman–Crippen LogP) is 2.36. The van der Waals surface area contributed by atoms with Crippen LogP contribution in [-0.2, 0) is 0 Å². The fraction of sp³-hybridized carbons (Fsp3) is 0.533. The molecule has 116 valence electrons. The molecule has 1 aromatic carbocycles. The third kappa shape index (κ3) is 5.15. The van der Waals surface area contributed by atoms with Crippen LogP contribution in [0.2, 0.25) is 0 Å². The van der Waals surface area contributed by atoms with Crippen LogP contribution in [0.25, 0.3) is 0 Å². The Morgan fingerprint density at radius 2 is 2.00 bits per heavy atom. The van der Waals surface area contributed by atoms with Crippen molar-refractivity contribution >= 4 is 11.6 Å². The molecule has 0 aliphatic heterocycles. The first-order valence-corrected chi connectivity index (χ1v) is 7.25. The van der Waals surface area contributed by atoms with Gasteiger partial charge in [0.25, 0.3) is 11.6 Å². The van der Waals surface area contributed by atoms with Crippen LogP contribution in [0.5, 0.6) is 0 Å². The number of nitro benzene ring substituents is 1. The molecule has 0 saturated carbocycles. The van der Waals surface area contributed by atoms with Crippen LogP contribution in [0.1, 0.15) is 36.2 Å². The monoisotopic (exact) mass is 293 g/mol. The number of nitrogens with one attached hydrogen (secondary N) is 1. The summed E-state index contributed by atoms with van der Waals surface area (Å²) in [5.74, 6) is -0.187. The van der Waals surface area contributed by atoms with Gasteiger partial charge in [0, 0.05) is 23.7 Å². The Hall–Kier alpha value is -1.95. The predicted molar refractivity (Wildman–Crippen MR) is 82.6 cm³/mol. The first-order valence-electron chi connectivity index (χ1n) is 7.25. The Morgan fingerprint density at radius 3 is 2.52 bits per heavy atom. The average Bonchev–Trinajstić information content (AvgIpc) is 2.46. The van der Waals surface area contributed by atoms with E-state index in [0.29, 0.717) is 17.7 Å². The highest BCUT2D eigenvalue weighted by molar-refractivity contribution is 5.94. The Bertz CT molecular complexity index is 499. The number of carbonyl (C=O) groups is 1. The summed E-state index contributed by atoms with van der Waals surface area (Å²) in [5.41, 5.74) is 0.991. The molecular weight excluding hydrogens is 270 g/mol. The topological polar surface area (TPSA) is 75.5 Å². The number of aryl methyl sites for hydroxylation is 1.